The summed E-state index contributed by atoms with van der Waals surface area (Å²) >= 11 is 0. The van der Waals surface area contributed by atoms with Gasteiger partial charge >= 0.3 is 0 Å². The summed E-state index contributed by atoms with van der Waals surface area (Å²) in [7, 11) is 0. The lowest BCUT2D eigenvalue weighted by Gasteiger charge is -2.28. The molecule has 0 saturated heterocycles. The summed E-state index contributed by atoms with van der Waals surface area (Å²) in [5, 5.41) is 3.01. The number of fused-ring (bicyclic) bond motifs is 1. The molecule has 0 bridgehead atoms. The van der Waals surface area contributed by atoms with Gasteiger partial charge in [-0.15, -0.1) is 24.8 Å². The molecule has 0 saturated carbocycles. The molecule has 0 aliphatic carbocycles. The van der Waals surface area contributed by atoms with Crippen LogP contribution in [-0.2, 0) is 24.2 Å². The molecule has 0 spiro atoms. The molecule has 1 heterocycles. The van der Waals surface area contributed by atoms with Crippen molar-refractivity contribution in [1.29, 1.82) is 0 Å². The standard InChI is InChI=1S/C19H23N3O.2ClH/c20-18-7-5-15(6-8-18)13-19(23)21-10-12-22-11-9-16-3-1-2-4-17(16)14-22;;/h1-8H,9-14,20H2,(H,21,23);2*1H. The second-order valence-corrected chi connectivity index (χ2v) is 6.06. The Morgan fingerprint density at radius 1 is 1.04 bits per heavy atom. The van der Waals surface area contributed by atoms with Crippen LogP contribution in [0.3, 0.4) is 0 Å². The van der Waals surface area contributed by atoms with E-state index in [4.69, 9.17) is 5.73 Å². The van der Waals surface area contributed by atoms with Crippen molar-refractivity contribution in [2.24, 2.45) is 0 Å². The maximum absolute atomic E-state index is 12.0. The van der Waals surface area contributed by atoms with Crippen molar-refractivity contribution in [2.45, 2.75) is 19.4 Å². The summed E-state index contributed by atoms with van der Waals surface area (Å²) in [5.74, 6) is 0.0622. The van der Waals surface area contributed by atoms with Crippen LogP contribution in [0.5, 0.6) is 0 Å². The van der Waals surface area contributed by atoms with Gasteiger partial charge in [0.25, 0.3) is 0 Å². The van der Waals surface area contributed by atoms with Gasteiger partial charge in [0.15, 0.2) is 0 Å². The van der Waals surface area contributed by atoms with E-state index in [0.29, 0.717) is 13.0 Å². The molecular formula is C19H25Cl2N3O. The molecule has 2 aromatic rings. The van der Waals surface area contributed by atoms with E-state index in [-0.39, 0.29) is 30.7 Å². The summed E-state index contributed by atoms with van der Waals surface area (Å²) in [5.41, 5.74) is 10.2. The Labute approximate surface area is 161 Å². The van der Waals surface area contributed by atoms with E-state index >= 15 is 0 Å². The Bertz CT molecular complexity index is 677. The molecule has 25 heavy (non-hydrogen) atoms. The molecule has 1 amide bonds. The van der Waals surface area contributed by atoms with Gasteiger partial charge in [0, 0.05) is 31.9 Å². The largest absolute Gasteiger partial charge is 0.399 e. The van der Waals surface area contributed by atoms with Crippen LogP contribution >= 0.6 is 24.8 Å². The zero-order valence-corrected chi connectivity index (χ0v) is 15.7. The normalized spacial score (nSPS) is 13.1. The Kier molecular flexibility index (Phi) is 8.76. The van der Waals surface area contributed by atoms with Gasteiger partial charge < -0.3 is 11.1 Å². The van der Waals surface area contributed by atoms with Gasteiger partial charge in [0.2, 0.25) is 5.91 Å². The summed E-state index contributed by atoms with van der Waals surface area (Å²) in [4.78, 5) is 14.4. The van der Waals surface area contributed by atoms with Gasteiger partial charge in [-0.3, -0.25) is 9.69 Å². The Balaban J connectivity index is 0.00000156. The molecule has 4 nitrogen and oxygen atoms in total. The molecule has 0 aromatic heterocycles. The first-order chi connectivity index (χ1) is 11.2. The second-order valence-electron chi connectivity index (χ2n) is 6.06. The number of nitrogen functional groups attached to an aromatic ring is 1. The molecule has 3 N–H and O–H groups in total. The van der Waals surface area contributed by atoms with E-state index in [1.807, 2.05) is 24.3 Å². The maximum atomic E-state index is 12.0. The summed E-state index contributed by atoms with van der Waals surface area (Å²) in [6, 6.07) is 16.1. The first-order valence-electron chi connectivity index (χ1n) is 8.11. The van der Waals surface area contributed by atoms with Crippen LogP contribution in [0.2, 0.25) is 0 Å². The fourth-order valence-electron chi connectivity index (χ4n) is 2.98. The van der Waals surface area contributed by atoms with E-state index in [0.717, 1.165) is 37.3 Å². The third-order valence-corrected chi connectivity index (χ3v) is 4.30. The minimum atomic E-state index is 0. The molecule has 3 rings (SSSR count). The minimum Gasteiger partial charge on any atom is -0.399 e. The lowest BCUT2D eigenvalue weighted by molar-refractivity contribution is -0.120. The van der Waals surface area contributed by atoms with E-state index in [9.17, 15) is 4.79 Å². The number of anilines is 1. The zero-order chi connectivity index (χ0) is 16.1. The molecule has 2 aromatic carbocycles. The van der Waals surface area contributed by atoms with Gasteiger partial charge in [0.1, 0.15) is 0 Å². The number of carbonyl (C=O) groups excluding carboxylic acids is 1. The van der Waals surface area contributed by atoms with Crippen LogP contribution in [0.25, 0.3) is 0 Å². The highest BCUT2D eigenvalue weighted by Gasteiger charge is 2.15. The fraction of sp³-hybridized carbons (Fsp3) is 0.316. The van der Waals surface area contributed by atoms with Gasteiger partial charge in [-0.05, 0) is 35.2 Å². The van der Waals surface area contributed by atoms with Crippen molar-refractivity contribution in [1.82, 2.24) is 10.2 Å². The molecule has 0 atom stereocenters. The summed E-state index contributed by atoms with van der Waals surface area (Å²) < 4.78 is 0. The first kappa shape index (κ1) is 21.3. The summed E-state index contributed by atoms with van der Waals surface area (Å²) in [6.07, 6.45) is 1.50. The van der Waals surface area contributed by atoms with Gasteiger partial charge in [0.05, 0.1) is 6.42 Å². The Morgan fingerprint density at radius 3 is 2.44 bits per heavy atom. The zero-order valence-electron chi connectivity index (χ0n) is 14.1. The fourth-order valence-corrected chi connectivity index (χ4v) is 2.98. The average molecular weight is 382 g/mol. The first-order valence-corrected chi connectivity index (χ1v) is 8.11. The molecule has 0 radical (unpaired) electrons. The van der Waals surface area contributed by atoms with Gasteiger partial charge in [-0.1, -0.05) is 36.4 Å². The number of hydrogen-bond donors (Lipinski definition) is 2. The topological polar surface area (TPSA) is 58.4 Å². The highest BCUT2D eigenvalue weighted by atomic mass is 35.5. The molecule has 6 heteroatoms. The highest BCUT2D eigenvalue weighted by Crippen LogP contribution is 2.17. The van der Waals surface area contributed by atoms with Gasteiger partial charge in [-0.2, -0.15) is 0 Å². The second kappa shape index (κ2) is 10.3. The lowest BCUT2D eigenvalue weighted by Crippen LogP contribution is -2.38. The Morgan fingerprint density at radius 2 is 1.72 bits per heavy atom. The van der Waals surface area contributed by atoms with Crippen molar-refractivity contribution >= 4 is 36.4 Å². The number of amides is 1. The minimum absolute atomic E-state index is 0. The SMILES string of the molecule is Cl.Cl.Nc1ccc(CC(=O)NCCN2CCc3ccccc3C2)cc1. The van der Waals surface area contributed by atoms with Crippen LogP contribution in [0.15, 0.2) is 48.5 Å². The number of benzene rings is 2. The van der Waals surface area contributed by atoms with Crippen LogP contribution in [-0.4, -0.2) is 30.4 Å². The number of nitrogens with one attached hydrogen (secondary N) is 1. The van der Waals surface area contributed by atoms with E-state index < -0.39 is 0 Å². The predicted molar refractivity (Wildman–Crippen MR) is 107 cm³/mol. The third-order valence-electron chi connectivity index (χ3n) is 4.30. The van der Waals surface area contributed by atoms with E-state index in [1.54, 1.807) is 0 Å². The monoisotopic (exact) mass is 381 g/mol. The van der Waals surface area contributed by atoms with E-state index in [2.05, 4.69) is 34.5 Å². The van der Waals surface area contributed by atoms with Crippen molar-refractivity contribution in [2.75, 3.05) is 25.4 Å². The number of nitrogens with two attached hydrogens (primary N) is 1. The lowest BCUT2D eigenvalue weighted by atomic mass is 10.00. The van der Waals surface area contributed by atoms with Crippen LogP contribution in [0.4, 0.5) is 5.69 Å². The number of hydrogen-bond acceptors (Lipinski definition) is 3. The van der Waals surface area contributed by atoms with Crippen LogP contribution < -0.4 is 11.1 Å². The molecular weight excluding hydrogens is 357 g/mol. The van der Waals surface area contributed by atoms with Gasteiger partial charge in [-0.25, -0.2) is 0 Å². The molecule has 0 fully saturated rings. The average Bonchev–Trinajstić information content (AvgIpc) is 2.57. The Hall–Kier alpha value is -1.75. The maximum Gasteiger partial charge on any atom is 0.224 e. The highest BCUT2D eigenvalue weighted by molar-refractivity contribution is 5.85. The van der Waals surface area contributed by atoms with E-state index in [1.165, 1.54) is 11.1 Å². The number of halogens is 2. The van der Waals surface area contributed by atoms with Crippen molar-refractivity contribution in [3.63, 3.8) is 0 Å². The number of carbonyl (C=O) groups is 1. The van der Waals surface area contributed by atoms with Crippen LogP contribution in [0, 0.1) is 0 Å². The molecule has 0 unspecified atom stereocenters. The quantitative estimate of drug-likeness (QED) is 0.782. The smallest absolute Gasteiger partial charge is 0.224 e. The van der Waals surface area contributed by atoms with Crippen LogP contribution in [0.1, 0.15) is 16.7 Å². The van der Waals surface area contributed by atoms with Crippen molar-refractivity contribution in [3.8, 4) is 0 Å². The third kappa shape index (κ3) is 6.24. The number of nitrogens with zero attached hydrogens (tertiary/aromatic N) is 1. The molecule has 136 valence electrons. The molecule has 1 aliphatic heterocycles. The van der Waals surface area contributed by atoms with Crippen molar-refractivity contribution in [3.05, 3.63) is 65.2 Å². The molecule has 1 aliphatic rings. The number of rotatable bonds is 5. The summed E-state index contributed by atoms with van der Waals surface area (Å²) in [6.45, 7) is 3.62. The predicted octanol–water partition coefficient (Wildman–Crippen LogP) is 2.83. The van der Waals surface area contributed by atoms with Crippen molar-refractivity contribution < 1.29 is 4.79 Å².